The van der Waals surface area contributed by atoms with E-state index in [4.69, 9.17) is 9.05 Å². The molecule has 1 aromatic carbocycles. The summed E-state index contributed by atoms with van der Waals surface area (Å²) >= 11 is 0. The van der Waals surface area contributed by atoms with Gasteiger partial charge in [-0.1, -0.05) is 54.5 Å². The number of benzene rings is 1. The molecule has 0 spiro atoms. The van der Waals surface area contributed by atoms with Crippen molar-refractivity contribution < 1.29 is 13.3 Å². The van der Waals surface area contributed by atoms with E-state index in [1.165, 1.54) is 0 Å². The summed E-state index contributed by atoms with van der Waals surface area (Å²) in [6.07, 6.45) is 0. The van der Waals surface area contributed by atoms with Gasteiger partial charge in [0.05, 0.1) is 5.75 Å². The first-order valence-electron chi connectivity index (χ1n) is 7.76. The smallest absolute Gasteiger partial charge is 0.242 e. The largest absolute Gasteiger partial charge is 0.360 e. The molecule has 0 aliphatic heterocycles. The van der Waals surface area contributed by atoms with Crippen LogP contribution >= 0.6 is 0 Å². The molecule has 6 nitrogen and oxygen atoms in total. The topological polar surface area (TPSA) is 82.0 Å². The highest BCUT2D eigenvalue weighted by atomic mass is 32.2. The summed E-state index contributed by atoms with van der Waals surface area (Å²) in [6.45, 7) is 5.77. The molecule has 7 heteroatoms. The van der Waals surface area contributed by atoms with Gasteiger partial charge >= 0.3 is 0 Å². The van der Waals surface area contributed by atoms with Crippen molar-refractivity contribution in [1.82, 2.24) is 15.3 Å². The van der Waals surface area contributed by atoms with E-state index in [1.54, 1.807) is 0 Å². The molecule has 2 atom stereocenters. The molecular formula is C17H19N3O3S. The molecular weight excluding hydrogens is 326 g/mol. The van der Waals surface area contributed by atoms with Crippen LogP contribution in [0.5, 0.6) is 0 Å². The van der Waals surface area contributed by atoms with Crippen LogP contribution in [0.4, 0.5) is 0 Å². The van der Waals surface area contributed by atoms with E-state index in [0.717, 1.165) is 11.3 Å². The maximum absolute atomic E-state index is 12.5. The molecule has 0 aliphatic rings. The Kier molecular flexibility index (Phi) is 4.89. The van der Waals surface area contributed by atoms with Gasteiger partial charge in [0.25, 0.3) is 0 Å². The van der Waals surface area contributed by atoms with Crippen molar-refractivity contribution in [3.8, 4) is 11.3 Å². The molecule has 0 N–H and O–H groups in total. The molecule has 0 fully saturated rings. The second kappa shape index (κ2) is 7.09. The minimum absolute atomic E-state index is 0.172. The van der Waals surface area contributed by atoms with E-state index >= 15 is 0 Å². The van der Waals surface area contributed by atoms with Gasteiger partial charge in [0.15, 0.2) is 5.82 Å². The standard InChI is InChI=1S/C17H19N3O3S/c1-11(2)16-18-17(23-20-16)12(3)24(21)10-14-9-15(19-22-14)13-7-5-4-6-8-13/h4-9,11-12H,10H2,1-3H3. The van der Waals surface area contributed by atoms with Crippen molar-refractivity contribution in [1.29, 1.82) is 0 Å². The molecule has 0 bridgehead atoms. The van der Waals surface area contributed by atoms with E-state index in [2.05, 4.69) is 15.3 Å². The van der Waals surface area contributed by atoms with Crippen molar-refractivity contribution in [3.05, 3.63) is 53.9 Å². The molecule has 126 valence electrons. The molecule has 0 saturated heterocycles. The van der Waals surface area contributed by atoms with Gasteiger partial charge in [-0.2, -0.15) is 4.98 Å². The highest BCUT2D eigenvalue weighted by Gasteiger charge is 2.23. The normalized spacial score (nSPS) is 14.0. The maximum Gasteiger partial charge on any atom is 0.242 e. The van der Waals surface area contributed by atoms with Crippen LogP contribution in [0.2, 0.25) is 0 Å². The average molecular weight is 345 g/mol. The van der Waals surface area contributed by atoms with Crippen LogP contribution in [0.3, 0.4) is 0 Å². The Bertz CT molecular complexity index is 826. The maximum atomic E-state index is 12.5. The number of hydrogen-bond donors (Lipinski definition) is 0. The molecule has 2 heterocycles. The van der Waals surface area contributed by atoms with E-state index in [1.807, 2.05) is 57.2 Å². The summed E-state index contributed by atoms with van der Waals surface area (Å²) in [7, 11) is -1.24. The second-order valence-electron chi connectivity index (χ2n) is 5.86. The Morgan fingerprint density at radius 3 is 2.50 bits per heavy atom. The van der Waals surface area contributed by atoms with Crippen molar-refractivity contribution in [2.45, 2.75) is 37.7 Å². The van der Waals surface area contributed by atoms with Gasteiger partial charge in [-0.05, 0) is 6.92 Å². The van der Waals surface area contributed by atoms with Crippen molar-refractivity contribution in [3.63, 3.8) is 0 Å². The zero-order valence-electron chi connectivity index (χ0n) is 13.8. The lowest BCUT2D eigenvalue weighted by molar-refractivity contribution is 0.371. The minimum Gasteiger partial charge on any atom is -0.360 e. The molecule has 3 rings (SSSR count). The Labute approximate surface area is 142 Å². The quantitative estimate of drug-likeness (QED) is 0.675. The fraction of sp³-hybridized carbons (Fsp3) is 0.353. The van der Waals surface area contributed by atoms with Crippen LogP contribution in [0.15, 0.2) is 45.4 Å². The minimum atomic E-state index is -1.24. The van der Waals surface area contributed by atoms with E-state index in [0.29, 0.717) is 17.5 Å². The van der Waals surface area contributed by atoms with Gasteiger partial charge < -0.3 is 9.05 Å². The van der Waals surface area contributed by atoms with Gasteiger partial charge in [-0.25, -0.2) is 0 Å². The molecule has 24 heavy (non-hydrogen) atoms. The van der Waals surface area contributed by atoms with Crippen molar-refractivity contribution in [2.75, 3.05) is 0 Å². The summed E-state index contributed by atoms with van der Waals surface area (Å²) in [5.74, 6) is 2.01. The van der Waals surface area contributed by atoms with Crippen LogP contribution in [0.1, 0.15) is 49.4 Å². The Morgan fingerprint density at radius 2 is 1.83 bits per heavy atom. The Balaban J connectivity index is 1.69. The summed E-state index contributed by atoms with van der Waals surface area (Å²) in [6, 6.07) is 11.5. The lowest BCUT2D eigenvalue weighted by Gasteiger charge is -2.04. The molecule has 0 saturated carbocycles. The van der Waals surface area contributed by atoms with Gasteiger partial charge in [0, 0.05) is 28.3 Å². The molecule has 3 aromatic rings. The summed E-state index contributed by atoms with van der Waals surface area (Å²) in [4.78, 5) is 4.31. The van der Waals surface area contributed by atoms with Gasteiger partial charge in [0.1, 0.15) is 16.7 Å². The predicted octanol–water partition coefficient (Wildman–Crippen LogP) is 3.86. The zero-order chi connectivity index (χ0) is 17.1. The fourth-order valence-corrected chi connectivity index (χ4v) is 3.14. The SMILES string of the molecule is CC(C)c1noc(C(C)S(=O)Cc2cc(-c3ccccc3)no2)n1. The first-order valence-corrected chi connectivity index (χ1v) is 9.14. The monoisotopic (exact) mass is 345 g/mol. The zero-order valence-corrected chi connectivity index (χ0v) is 14.6. The highest BCUT2D eigenvalue weighted by Crippen LogP contribution is 2.24. The first-order chi connectivity index (χ1) is 11.5. The third-order valence-corrected chi connectivity index (χ3v) is 5.19. The molecule has 2 aromatic heterocycles. The molecule has 0 aliphatic carbocycles. The van der Waals surface area contributed by atoms with Crippen LogP contribution < -0.4 is 0 Å². The lowest BCUT2D eigenvalue weighted by Crippen LogP contribution is -2.05. The van der Waals surface area contributed by atoms with Gasteiger partial charge in [0.2, 0.25) is 5.89 Å². The van der Waals surface area contributed by atoms with Crippen LogP contribution in [-0.2, 0) is 16.6 Å². The van der Waals surface area contributed by atoms with Crippen LogP contribution in [0, 0.1) is 0 Å². The van der Waals surface area contributed by atoms with Gasteiger partial charge in [-0.15, -0.1) is 0 Å². The van der Waals surface area contributed by atoms with E-state index in [9.17, 15) is 4.21 Å². The third kappa shape index (κ3) is 3.62. The molecule has 0 radical (unpaired) electrons. The number of rotatable bonds is 6. The summed E-state index contributed by atoms with van der Waals surface area (Å²) < 4.78 is 23.1. The first kappa shape index (κ1) is 16.6. The average Bonchev–Trinajstić information content (AvgIpc) is 3.24. The summed E-state index contributed by atoms with van der Waals surface area (Å²) in [5, 5.41) is 7.59. The van der Waals surface area contributed by atoms with Crippen LogP contribution in [0.25, 0.3) is 11.3 Å². The Morgan fingerprint density at radius 1 is 1.08 bits per heavy atom. The number of aromatic nitrogens is 3. The van der Waals surface area contributed by atoms with Crippen LogP contribution in [-0.4, -0.2) is 19.5 Å². The number of hydrogen-bond acceptors (Lipinski definition) is 6. The van der Waals surface area contributed by atoms with E-state index in [-0.39, 0.29) is 16.9 Å². The molecule has 2 unspecified atom stereocenters. The van der Waals surface area contributed by atoms with Gasteiger partial charge in [-0.3, -0.25) is 4.21 Å². The van der Waals surface area contributed by atoms with E-state index < -0.39 is 10.8 Å². The number of nitrogens with zero attached hydrogens (tertiary/aromatic N) is 3. The van der Waals surface area contributed by atoms with Crippen molar-refractivity contribution >= 4 is 10.8 Å². The lowest BCUT2D eigenvalue weighted by atomic mass is 10.1. The Hall–Kier alpha value is -2.28. The van der Waals surface area contributed by atoms with Crippen molar-refractivity contribution in [2.24, 2.45) is 0 Å². The predicted molar refractivity (Wildman–Crippen MR) is 90.6 cm³/mol. The molecule has 0 amide bonds. The summed E-state index contributed by atoms with van der Waals surface area (Å²) in [5.41, 5.74) is 1.69. The third-order valence-electron chi connectivity index (χ3n) is 3.63. The second-order valence-corrected chi connectivity index (χ2v) is 7.61. The fourth-order valence-electron chi connectivity index (χ4n) is 2.15. The highest BCUT2D eigenvalue weighted by molar-refractivity contribution is 7.84.